The molecule has 0 heterocycles. The zero-order chi connectivity index (χ0) is 21.3. The third-order valence-corrected chi connectivity index (χ3v) is 5.11. The molecule has 1 rings (SSSR count). The molecule has 0 saturated heterocycles. The van der Waals surface area contributed by atoms with Crippen molar-refractivity contribution < 1.29 is 14.6 Å². The number of aliphatic hydroxyl groups is 1. The van der Waals surface area contributed by atoms with Crippen molar-refractivity contribution in [2.45, 2.75) is 96.6 Å². The van der Waals surface area contributed by atoms with Crippen molar-refractivity contribution in [2.24, 2.45) is 5.11 Å². The van der Waals surface area contributed by atoms with Gasteiger partial charge in [-0.05, 0) is 36.4 Å². The second-order valence-corrected chi connectivity index (χ2v) is 7.52. The van der Waals surface area contributed by atoms with Gasteiger partial charge >= 0.3 is 5.97 Å². The van der Waals surface area contributed by atoms with Gasteiger partial charge in [0.2, 0.25) is 0 Å². The summed E-state index contributed by atoms with van der Waals surface area (Å²) in [4.78, 5) is 14.6. The average molecular weight is 404 g/mol. The summed E-state index contributed by atoms with van der Waals surface area (Å²) in [6.07, 6.45) is 12.7. The van der Waals surface area contributed by atoms with Gasteiger partial charge in [0.15, 0.2) is 6.04 Å². The molecule has 0 aliphatic rings. The lowest BCUT2D eigenvalue weighted by molar-refractivity contribution is -0.147. The van der Waals surface area contributed by atoms with E-state index in [0.717, 1.165) is 18.4 Å². The predicted molar refractivity (Wildman–Crippen MR) is 117 cm³/mol. The number of esters is 1. The fourth-order valence-corrected chi connectivity index (χ4v) is 3.45. The summed E-state index contributed by atoms with van der Waals surface area (Å²) >= 11 is 0. The van der Waals surface area contributed by atoms with Crippen molar-refractivity contribution in [1.29, 1.82) is 0 Å². The Balaban J connectivity index is 2.41. The Bertz CT molecular complexity index is 630. The van der Waals surface area contributed by atoms with E-state index < -0.39 is 18.1 Å². The number of aryl methyl sites for hydroxylation is 1. The number of hydrogen-bond donors (Lipinski definition) is 1. The van der Waals surface area contributed by atoms with Crippen LogP contribution in [-0.4, -0.2) is 23.7 Å². The molecule has 0 bridgehead atoms. The molecule has 2 atom stereocenters. The highest BCUT2D eigenvalue weighted by Gasteiger charge is 2.28. The van der Waals surface area contributed by atoms with Crippen LogP contribution in [-0.2, 0) is 16.0 Å². The summed E-state index contributed by atoms with van der Waals surface area (Å²) in [5.41, 5.74) is 10.4. The van der Waals surface area contributed by atoms with E-state index in [1.54, 1.807) is 13.0 Å². The van der Waals surface area contributed by atoms with Gasteiger partial charge < -0.3 is 9.84 Å². The van der Waals surface area contributed by atoms with Gasteiger partial charge in [0.1, 0.15) is 0 Å². The highest BCUT2D eigenvalue weighted by molar-refractivity contribution is 5.77. The fourth-order valence-electron chi connectivity index (χ4n) is 3.45. The Morgan fingerprint density at radius 1 is 1.07 bits per heavy atom. The van der Waals surface area contributed by atoms with Gasteiger partial charge in [-0.25, -0.2) is 0 Å². The number of aliphatic hydroxyl groups excluding tert-OH is 1. The third-order valence-electron chi connectivity index (χ3n) is 5.11. The smallest absolute Gasteiger partial charge is 0.317 e. The van der Waals surface area contributed by atoms with E-state index in [1.165, 1.54) is 57.8 Å². The topological polar surface area (TPSA) is 95.3 Å². The molecular formula is C23H37N3O3. The number of hydrogen-bond acceptors (Lipinski definition) is 4. The van der Waals surface area contributed by atoms with Crippen LogP contribution < -0.4 is 0 Å². The Labute approximate surface area is 175 Å². The summed E-state index contributed by atoms with van der Waals surface area (Å²) in [6, 6.07) is 6.25. The molecule has 0 radical (unpaired) electrons. The number of carbonyl (C=O) groups is 1. The second-order valence-electron chi connectivity index (χ2n) is 7.52. The molecule has 0 aliphatic carbocycles. The van der Waals surface area contributed by atoms with Crippen LogP contribution in [0, 0.1) is 0 Å². The zero-order valence-corrected chi connectivity index (χ0v) is 18.1. The summed E-state index contributed by atoms with van der Waals surface area (Å²) in [6.45, 7) is 4.09. The quantitative estimate of drug-likeness (QED) is 0.113. The lowest BCUT2D eigenvalue weighted by atomic mass is 9.98. The van der Waals surface area contributed by atoms with E-state index in [1.807, 2.05) is 18.2 Å². The standard InChI is InChI=1S/C23H37N3O3/c1-3-5-6-7-8-9-10-11-12-13-15-19-16-14-17-20(18-19)22(27)21(25-26-24)23(28)29-4-2/h14,16-18,21-22,27H,3-13,15H2,1-2H3/t21-,22-/m1/s1. The van der Waals surface area contributed by atoms with Crippen LogP contribution in [0.5, 0.6) is 0 Å². The molecule has 1 aromatic carbocycles. The summed E-state index contributed by atoms with van der Waals surface area (Å²) in [5.74, 6) is -0.710. The number of nitrogens with zero attached hydrogens (tertiary/aromatic N) is 3. The van der Waals surface area contributed by atoms with E-state index in [0.29, 0.717) is 5.56 Å². The van der Waals surface area contributed by atoms with Crippen LogP contribution >= 0.6 is 0 Å². The van der Waals surface area contributed by atoms with E-state index in [-0.39, 0.29) is 6.61 Å². The molecule has 6 heteroatoms. The monoisotopic (exact) mass is 403 g/mol. The van der Waals surface area contributed by atoms with Gasteiger partial charge in [-0.3, -0.25) is 4.79 Å². The lowest BCUT2D eigenvalue weighted by Crippen LogP contribution is -2.28. The molecule has 1 aromatic rings. The normalized spacial score (nSPS) is 12.8. The van der Waals surface area contributed by atoms with Crippen molar-refractivity contribution in [1.82, 2.24) is 0 Å². The summed E-state index contributed by atoms with van der Waals surface area (Å²) < 4.78 is 4.90. The summed E-state index contributed by atoms with van der Waals surface area (Å²) in [7, 11) is 0. The van der Waals surface area contributed by atoms with Crippen molar-refractivity contribution in [3.63, 3.8) is 0 Å². The van der Waals surface area contributed by atoms with E-state index in [9.17, 15) is 9.90 Å². The molecule has 6 nitrogen and oxygen atoms in total. The highest BCUT2D eigenvalue weighted by atomic mass is 16.5. The molecule has 0 fully saturated rings. The first-order valence-corrected chi connectivity index (χ1v) is 11.1. The molecule has 0 aromatic heterocycles. The van der Waals surface area contributed by atoms with Crippen molar-refractivity contribution in [2.75, 3.05) is 6.61 Å². The van der Waals surface area contributed by atoms with Crippen molar-refractivity contribution >= 4 is 5.97 Å². The van der Waals surface area contributed by atoms with Gasteiger partial charge in [-0.1, -0.05) is 94.1 Å². The van der Waals surface area contributed by atoms with Gasteiger partial charge in [0.05, 0.1) is 12.7 Å². The number of rotatable bonds is 16. The first-order valence-electron chi connectivity index (χ1n) is 11.1. The van der Waals surface area contributed by atoms with Crippen LogP contribution in [0.15, 0.2) is 29.4 Å². The van der Waals surface area contributed by atoms with Gasteiger partial charge in [0, 0.05) is 4.91 Å². The van der Waals surface area contributed by atoms with Crippen LogP contribution in [0.1, 0.15) is 95.3 Å². The minimum absolute atomic E-state index is 0.168. The number of unbranched alkanes of at least 4 members (excludes halogenated alkanes) is 9. The third kappa shape index (κ3) is 10.3. The number of carbonyl (C=O) groups excluding carboxylic acids is 1. The average Bonchev–Trinajstić information content (AvgIpc) is 2.73. The van der Waals surface area contributed by atoms with Gasteiger partial charge in [0.25, 0.3) is 0 Å². The molecule has 0 spiro atoms. The lowest BCUT2D eigenvalue weighted by Gasteiger charge is -2.18. The first-order chi connectivity index (χ1) is 14.1. The Kier molecular flexibility index (Phi) is 13.6. The molecule has 0 saturated carbocycles. The van der Waals surface area contributed by atoms with Gasteiger partial charge in [-0.2, -0.15) is 0 Å². The number of azide groups is 1. The molecule has 0 amide bonds. The Morgan fingerprint density at radius 3 is 2.28 bits per heavy atom. The Hall–Kier alpha value is -2.04. The maximum atomic E-state index is 12.0. The Morgan fingerprint density at radius 2 is 1.69 bits per heavy atom. The van der Waals surface area contributed by atoms with Crippen LogP contribution in [0.2, 0.25) is 0 Å². The molecule has 1 N–H and O–H groups in total. The van der Waals surface area contributed by atoms with Crippen molar-refractivity contribution in [3.8, 4) is 0 Å². The molecule has 29 heavy (non-hydrogen) atoms. The maximum Gasteiger partial charge on any atom is 0.317 e. The van der Waals surface area contributed by atoms with Crippen molar-refractivity contribution in [3.05, 3.63) is 45.8 Å². The van der Waals surface area contributed by atoms with Crippen LogP contribution in [0.3, 0.4) is 0 Å². The molecular weight excluding hydrogens is 366 g/mol. The number of ether oxygens (including phenoxy) is 1. The van der Waals surface area contributed by atoms with E-state index in [2.05, 4.69) is 16.9 Å². The minimum atomic E-state index is -1.27. The van der Waals surface area contributed by atoms with E-state index in [4.69, 9.17) is 10.3 Å². The molecule has 0 aliphatic heterocycles. The molecule has 162 valence electrons. The predicted octanol–water partition coefficient (Wildman–Crippen LogP) is 6.43. The maximum absolute atomic E-state index is 12.0. The largest absolute Gasteiger partial charge is 0.466 e. The first kappa shape index (κ1) is 25.0. The fraction of sp³-hybridized carbons (Fsp3) is 0.696. The van der Waals surface area contributed by atoms with Crippen LogP contribution in [0.4, 0.5) is 0 Å². The number of benzene rings is 1. The second kappa shape index (κ2) is 15.8. The highest BCUT2D eigenvalue weighted by Crippen LogP contribution is 2.23. The minimum Gasteiger partial charge on any atom is -0.466 e. The van der Waals surface area contributed by atoms with Crippen LogP contribution in [0.25, 0.3) is 10.4 Å². The zero-order valence-electron chi connectivity index (χ0n) is 18.1. The SMILES string of the molecule is CCCCCCCCCCCCc1cccc([C@@H](O)[C@@H](N=[N+]=[N-])C(=O)OCC)c1. The van der Waals surface area contributed by atoms with Gasteiger partial charge in [-0.15, -0.1) is 0 Å². The van der Waals surface area contributed by atoms with E-state index >= 15 is 0 Å². The molecule has 0 unspecified atom stereocenters. The summed E-state index contributed by atoms with van der Waals surface area (Å²) in [5, 5.41) is 13.9.